The molecule has 2 saturated heterocycles. The summed E-state index contributed by atoms with van der Waals surface area (Å²) in [5.74, 6) is 0.650. The smallest absolute Gasteiger partial charge is 0.0731 e. The van der Waals surface area contributed by atoms with Crippen LogP contribution in [0.2, 0.25) is 0 Å². The molecule has 2 fully saturated rings. The molecule has 2 heterocycles. The number of nitrogens with one attached hydrogen (secondary N) is 1. The second-order valence-corrected chi connectivity index (χ2v) is 4.97. The van der Waals surface area contributed by atoms with Crippen LogP contribution in [0.15, 0.2) is 0 Å². The Hall–Kier alpha value is -0.120. The maximum atomic E-state index is 5.93. The predicted octanol–water partition coefficient (Wildman–Crippen LogP) is 1.96. The van der Waals surface area contributed by atoms with E-state index in [2.05, 4.69) is 12.2 Å². The Balaban J connectivity index is 1.91. The van der Waals surface area contributed by atoms with Gasteiger partial charge in [0, 0.05) is 25.2 Å². The molecular weight excluding hydrogens is 202 g/mol. The van der Waals surface area contributed by atoms with Crippen LogP contribution in [-0.2, 0) is 9.47 Å². The summed E-state index contributed by atoms with van der Waals surface area (Å²) in [7, 11) is 0. The minimum atomic E-state index is 0.417. The van der Waals surface area contributed by atoms with Gasteiger partial charge in [0.1, 0.15) is 0 Å². The molecule has 3 unspecified atom stereocenters. The topological polar surface area (TPSA) is 30.5 Å². The highest BCUT2D eigenvalue weighted by molar-refractivity contribution is 4.86. The van der Waals surface area contributed by atoms with E-state index in [0.717, 1.165) is 26.4 Å². The largest absolute Gasteiger partial charge is 0.381 e. The van der Waals surface area contributed by atoms with Crippen molar-refractivity contribution in [2.24, 2.45) is 5.92 Å². The van der Waals surface area contributed by atoms with E-state index >= 15 is 0 Å². The van der Waals surface area contributed by atoms with E-state index in [4.69, 9.17) is 9.47 Å². The Labute approximate surface area is 98.9 Å². The maximum Gasteiger partial charge on any atom is 0.0731 e. The number of hydrogen-bond acceptors (Lipinski definition) is 3. The number of ether oxygens (including phenoxy) is 2. The van der Waals surface area contributed by atoms with Crippen LogP contribution < -0.4 is 5.32 Å². The molecule has 0 aromatic heterocycles. The molecular formula is C13H25NO2. The van der Waals surface area contributed by atoms with Gasteiger partial charge in [-0.3, -0.25) is 0 Å². The van der Waals surface area contributed by atoms with Gasteiger partial charge in [-0.25, -0.2) is 0 Å². The lowest BCUT2D eigenvalue weighted by Crippen LogP contribution is -2.50. The highest BCUT2D eigenvalue weighted by Crippen LogP contribution is 2.25. The van der Waals surface area contributed by atoms with Crippen LogP contribution in [0.1, 0.15) is 39.0 Å². The van der Waals surface area contributed by atoms with Gasteiger partial charge in [0.2, 0.25) is 0 Å². The zero-order chi connectivity index (χ0) is 11.2. The normalized spacial score (nSPS) is 33.6. The molecule has 3 heteroatoms. The van der Waals surface area contributed by atoms with Crippen molar-refractivity contribution in [3.63, 3.8) is 0 Å². The summed E-state index contributed by atoms with van der Waals surface area (Å²) in [6, 6.07) is 0.505. The van der Waals surface area contributed by atoms with Crippen molar-refractivity contribution in [2.75, 3.05) is 26.4 Å². The second-order valence-electron chi connectivity index (χ2n) is 4.97. The molecule has 0 radical (unpaired) electrons. The summed E-state index contributed by atoms with van der Waals surface area (Å²) in [5.41, 5.74) is 0. The van der Waals surface area contributed by atoms with Gasteiger partial charge < -0.3 is 14.8 Å². The van der Waals surface area contributed by atoms with Crippen LogP contribution in [-0.4, -0.2) is 38.5 Å². The number of rotatable bonds is 4. The van der Waals surface area contributed by atoms with Crippen molar-refractivity contribution in [2.45, 2.75) is 51.2 Å². The third-order valence-electron chi connectivity index (χ3n) is 3.76. The molecule has 0 aromatic carbocycles. The van der Waals surface area contributed by atoms with E-state index in [-0.39, 0.29) is 0 Å². The fourth-order valence-electron chi connectivity index (χ4n) is 2.94. The molecule has 2 aliphatic rings. The van der Waals surface area contributed by atoms with Crippen molar-refractivity contribution in [1.82, 2.24) is 5.32 Å². The molecule has 2 rings (SSSR count). The average Bonchev–Trinajstić information content (AvgIpc) is 2.38. The summed E-state index contributed by atoms with van der Waals surface area (Å²) in [6.45, 7) is 6.01. The standard InChI is InChI=1S/C13H25NO2/c1-2-14-13(11-6-5-8-15-10-11)12-7-3-4-9-16-12/h11-14H,2-10H2,1H3. The first-order valence-corrected chi connectivity index (χ1v) is 6.84. The lowest BCUT2D eigenvalue weighted by atomic mass is 9.87. The lowest BCUT2D eigenvalue weighted by molar-refractivity contribution is -0.0460. The highest BCUT2D eigenvalue weighted by Gasteiger charge is 2.31. The predicted molar refractivity (Wildman–Crippen MR) is 64.6 cm³/mol. The quantitative estimate of drug-likeness (QED) is 0.796. The monoisotopic (exact) mass is 227 g/mol. The fourth-order valence-corrected chi connectivity index (χ4v) is 2.94. The lowest BCUT2D eigenvalue weighted by Gasteiger charge is -2.37. The first-order valence-electron chi connectivity index (χ1n) is 6.84. The first-order chi connectivity index (χ1) is 7.92. The number of hydrogen-bond donors (Lipinski definition) is 1. The van der Waals surface area contributed by atoms with Crippen molar-refractivity contribution in [1.29, 1.82) is 0 Å². The highest BCUT2D eigenvalue weighted by atomic mass is 16.5. The minimum Gasteiger partial charge on any atom is -0.381 e. The Kier molecular flexibility index (Phi) is 5.07. The van der Waals surface area contributed by atoms with Crippen LogP contribution in [0.3, 0.4) is 0 Å². The van der Waals surface area contributed by atoms with Crippen molar-refractivity contribution >= 4 is 0 Å². The summed E-state index contributed by atoms with van der Waals surface area (Å²) in [6.07, 6.45) is 6.68. The van der Waals surface area contributed by atoms with Gasteiger partial charge >= 0.3 is 0 Å². The van der Waals surface area contributed by atoms with E-state index in [1.165, 1.54) is 32.1 Å². The third-order valence-corrected chi connectivity index (χ3v) is 3.76. The Morgan fingerprint density at radius 2 is 2.12 bits per heavy atom. The molecule has 0 spiro atoms. The van der Waals surface area contributed by atoms with Gasteiger partial charge in [-0.1, -0.05) is 6.92 Å². The summed E-state index contributed by atoms with van der Waals surface area (Å²) >= 11 is 0. The van der Waals surface area contributed by atoms with E-state index in [1.54, 1.807) is 0 Å². The molecule has 0 bridgehead atoms. The van der Waals surface area contributed by atoms with Gasteiger partial charge in [0.25, 0.3) is 0 Å². The summed E-state index contributed by atoms with van der Waals surface area (Å²) in [5, 5.41) is 3.62. The Morgan fingerprint density at radius 3 is 2.75 bits per heavy atom. The second kappa shape index (κ2) is 6.58. The van der Waals surface area contributed by atoms with Crippen LogP contribution >= 0.6 is 0 Å². The van der Waals surface area contributed by atoms with E-state index in [0.29, 0.717) is 18.1 Å². The van der Waals surface area contributed by atoms with Crippen LogP contribution in [0.5, 0.6) is 0 Å². The maximum absolute atomic E-state index is 5.93. The molecule has 0 aromatic rings. The zero-order valence-electron chi connectivity index (χ0n) is 10.4. The van der Waals surface area contributed by atoms with E-state index < -0.39 is 0 Å². The minimum absolute atomic E-state index is 0.417. The van der Waals surface area contributed by atoms with Gasteiger partial charge in [0.15, 0.2) is 0 Å². The molecule has 0 aliphatic carbocycles. The summed E-state index contributed by atoms with van der Waals surface area (Å²) in [4.78, 5) is 0. The molecule has 0 amide bonds. The fraction of sp³-hybridized carbons (Fsp3) is 1.00. The van der Waals surface area contributed by atoms with Gasteiger partial charge in [-0.05, 0) is 38.6 Å². The van der Waals surface area contributed by atoms with Gasteiger partial charge in [-0.2, -0.15) is 0 Å². The van der Waals surface area contributed by atoms with Gasteiger partial charge in [-0.15, -0.1) is 0 Å². The Morgan fingerprint density at radius 1 is 1.19 bits per heavy atom. The van der Waals surface area contributed by atoms with Crippen LogP contribution in [0.25, 0.3) is 0 Å². The molecule has 1 N–H and O–H groups in total. The zero-order valence-corrected chi connectivity index (χ0v) is 10.4. The molecule has 94 valence electrons. The summed E-state index contributed by atoms with van der Waals surface area (Å²) < 4.78 is 11.5. The molecule has 3 nitrogen and oxygen atoms in total. The SMILES string of the molecule is CCNC(C1CCCOC1)C1CCCCO1. The van der Waals surface area contributed by atoms with E-state index in [9.17, 15) is 0 Å². The van der Waals surface area contributed by atoms with Crippen molar-refractivity contribution in [3.8, 4) is 0 Å². The van der Waals surface area contributed by atoms with E-state index in [1.807, 2.05) is 0 Å². The Bertz CT molecular complexity index is 168. The first kappa shape index (κ1) is 12.3. The molecule has 3 atom stereocenters. The van der Waals surface area contributed by atoms with Crippen molar-refractivity contribution in [3.05, 3.63) is 0 Å². The number of likely N-dealkylation sites (N-methyl/N-ethyl adjacent to an activating group) is 1. The third kappa shape index (κ3) is 3.19. The van der Waals surface area contributed by atoms with Crippen LogP contribution in [0, 0.1) is 5.92 Å². The average molecular weight is 227 g/mol. The molecule has 2 aliphatic heterocycles. The molecule has 0 saturated carbocycles. The van der Waals surface area contributed by atoms with Crippen molar-refractivity contribution < 1.29 is 9.47 Å². The van der Waals surface area contributed by atoms with Gasteiger partial charge in [0.05, 0.1) is 12.7 Å². The van der Waals surface area contributed by atoms with Crippen LogP contribution in [0.4, 0.5) is 0 Å². The molecule has 16 heavy (non-hydrogen) atoms.